The molecule has 1 aromatic carbocycles. The first kappa shape index (κ1) is 12.0. The zero-order chi connectivity index (χ0) is 13.1. The van der Waals surface area contributed by atoms with Crippen LogP contribution in [-0.4, -0.2) is 17.0 Å². The summed E-state index contributed by atoms with van der Waals surface area (Å²) in [6, 6.07) is 6.98. The van der Waals surface area contributed by atoms with Crippen molar-refractivity contribution < 1.29 is 14.1 Å². The molecule has 0 N–H and O–H groups in total. The molecule has 2 rings (SSSR count). The first-order valence-corrected chi connectivity index (χ1v) is 5.05. The second-order valence-electron chi connectivity index (χ2n) is 3.54. The SMILES string of the molecule is COc1cc(F)cc(-c2ccc([N+](=O)[O-])nc2)c1. The highest BCUT2D eigenvalue weighted by Crippen LogP contribution is 2.25. The molecule has 0 spiro atoms. The van der Waals surface area contributed by atoms with Gasteiger partial charge in [-0.25, -0.2) is 4.39 Å². The number of methoxy groups -OCH3 is 1. The van der Waals surface area contributed by atoms with Crippen LogP contribution in [0.5, 0.6) is 5.75 Å². The minimum absolute atomic E-state index is 0.248. The number of ether oxygens (including phenoxy) is 1. The van der Waals surface area contributed by atoms with Gasteiger partial charge in [0.25, 0.3) is 0 Å². The first-order chi connectivity index (χ1) is 8.60. The fourth-order valence-electron chi connectivity index (χ4n) is 1.51. The lowest BCUT2D eigenvalue weighted by molar-refractivity contribution is -0.389. The summed E-state index contributed by atoms with van der Waals surface area (Å²) in [4.78, 5) is 13.6. The molecule has 92 valence electrons. The summed E-state index contributed by atoms with van der Waals surface area (Å²) in [5.74, 6) is -0.312. The number of halogens is 1. The van der Waals surface area contributed by atoms with E-state index in [2.05, 4.69) is 4.98 Å². The van der Waals surface area contributed by atoms with Gasteiger partial charge in [-0.2, -0.15) is 0 Å². The van der Waals surface area contributed by atoms with Gasteiger partial charge in [0.1, 0.15) is 17.8 Å². The molecule has 5 nitrogen and oxygen atoms in total. The van der Waals surface area contributed by atoms with E-state index in [1.54, 1.807) is 6.07 Å². The maximum absolute atomic E-state index is 13.3. The minimum Gasteiger partial charge on any atom is -0.497 e. The Kier molecular flexibility index (Phi) is 3.18. The highest BCUT2D eigenvalue weighted by atomic mass is 19.1. The molecular weight excluding hydrogens is 239 g/mol. The van der Waals surface area contributed by atoms with Crippen LogP contribution in [0.3, 0.4) is 0 Å². The van der Waals surface area contributed by atoms with E-state index in [1.807, 2.05) is 0 Å². The summed E-state index contributed by atoms with van der Waals surface area (Å²) in [5.41, 5.74) is 1.13. The van der Waals surface area contributed by atoms with E-state index in [4.69, 9.17) is 4.74 Å². The van der Waals surface area contributed by atoms with Crippen LogP contribution in [0.1, 0.15) is 0 Å². The molecule has 0 radical (unpaired) electrons. The maximum atomic E-state index is 13.3. The van der Waals surface area contributed by atoms with Gasteiger partial charge in [-0.1, -0.05) is 0 Å². The number of nitrogens with zero attached hydrogens (tertiary/aromatic N) is 2. The first-order valence-electron chi connectivity index (χ1n) is 5.05. The highest BCUT2D eigenvalue weighted by Gasteiger charge is 2.09. The molecule has 1 heterocycles. The third-order valence-electron chi connectivity index (χ3n) is 2.38. The van der Waals surface area contributed by atoms with Crippen molar-refractivity contribution in [2.75, 3.05) is 7.11 Å². The maximum Gasteiger partial charge on any atom is 0.363 e. The summed E-state index contributed by atoms with van der Waals surface area (Å²) in [7, 11) is 1.44. The fourth-order valence-corrected chi connectivity index (χ4v) is 1.51. The van der Waals surface area contributed by atoms with Gasteiger partial charge in [0.15, 0.2) is 0 Å². The van der Waals surface area contributed by atoms with Crippen LogP contribution in [0.4, 0.5) is 10.2 Å². The van der Waals surface area contributed by atoms with Crippen molar-refractivity contribution in [3.63, 3.8) is 0 Å². The smallest absolute Gasteiger partial charge is 0.363 e. The molecule has 6 heteroatoms. The summed E-state index contributed by atoms with van der Waals surface area (Å²) in [5, 5.41) is 10.5. The van der Waals surface area contributed by atoms with E-state index in [0.717, 1.165) is 0 Å². The Hall–Kier alpha value is -2.50. The molecular formula is C12H9FN2O3. The molecule has 0 atom stereocenters. The largest absolute Gasteiger partial charge is 0.497 e. The molecule has 0 fully saturated rings. The van der Waals surface area contributed by atoms with Crippen molar-refractivity contribution in [2.45, 2.75) is 0 Å². The number of rotatable bonds is 3. The fraction of sp³-hybridized carbons (Fsp3) is 0.0833. The van der Waals surface area contributed by atoms with Gasteiger partial charge < -0.3 is 14.9 Å². The Morgan fingerprint density at radius 3 is 2.61 bits per heavy atom. The Morgan fingerprint density at radius 2 is 2.06 bits per heavy atom. The van der Waals surface area contributed by atoms with Crippen LogP contribution in [-0.2, 0) is 0 Å². The summed E-state index contributed by atoms with van der Waals surface area (Å²) < 4.78 is 18.2. The molecule has 0 amide bonds. The van der Waals surface area contributed by atoms with Crippen LogP contribution in [0, 0.1) is 15.9 Å². The van der Waals surface area contributed by atoms with Crippen molar-refractivity contribution in [3.05, 3.63) is 52.5 Å². The summed E-state index contributed by atoms with van der Waals surface area (Å²) in [6.45, 7) is 0. The number of hydrogen-bond acceptors (Lipinski definition) is 4. The predicted octanol–water partition coefficient (Wildman–Crippen LogP) is 2.80. The number of nitro groups is 1. The topological polar surface area (TPSA) is 65.3 Å². The number of pyridine rings is 1. The number of benzene rings is 1. The molecule has 0 unspecified atom stereocenters. The van der Waals surface area contributed by atoms with Gasteiger partial charge >= 0.3 is 5.82 Å². The molecule has 2 aromatic rings. The number of aromatic nitrogens is 1. The second-order valence-corrected chi connectivity index (χ2v) is 3.54. The average Bonchev–Trinajstić information content (AvgIpc) is 2.38. The van der Waals surface area contributed by atoms with Gasteiger partial charge in [-0.15, -0.1) is 0 Å². The highest BCUT2D eigenvalue weighted by molar-refractivity contribution is 5.64. The van der Waals surface area contributed by atoms with Crippen molar-refractivity contribution in [3.8, 4) is 16.9 Å². The van der Waals surface area contributed by atoms with Crippen molar-refractivity contribution in [1.29, 1.82) is 0 Å². The lowest BCUT2D eigenvalue weighted by Gasteiger charge is -2.04. The van der Waals surface area contributed by atoms with Gasteiger partial charge in [0, 0.05) is 17.7 Å². The zero-order valence-corrected chi connectivity index (χ0v) is 9.46. The Morgan fingerprint density at radius 1 is 1.28 bits per heavy atom. The molecule has 0 aliphatic carbocycles. The van der Waals surface area contributed by atoms with Crippen LogP contribution >= 0.6 is 0 Å². The quantitative estimate of drug-likeness (QED) is 0.618. The zero-order valence-electron chi connectivity index (χ0n) is 9.46. The summed E-state index contributed by atoms with van der Waals surface area (Å²) in [6.07, 6.45) is 1.33. The molecule has 18 heavy (non-hydrogen) atoms. The van der Waals surface area contributed by atoms with Crippen LogP contribution in [0.2, 0.25) is 0 Å². The lowest BCUT2D eigenvalue weighted by Crippen LogP contribution is -1.92. The van der Waals surface area contributed by atoms with Crippen LogP contribution < -0.4 is 4.74 Å². The van der Waals surface area contributed by atoms with E-state index in [9.17, 15) is 14.5 Å². The van der Waals surface area contributed by atoms with Crippen LogP contribution in [0.25, 0.3) is 11.1 Å². The predicted molar refractivity (Wildman–Crippen MR) is 62.8 cm³/mol. The van der Waals surface area contributed by atoms with Gasteiger partial charge in [-0.3, -0.25) is 0 Å². The lowest BCUT2D eigenvalue weighted by atomic mass is 10.1. The van der Waals surface area contributed by atoms with Gasteiger partial charge in [0.05, 0.1) is 7.11 Å². The van der Waals surface area contributed by atoms with Crippen molar-refractivity contribution in [1.82, 2.24) is 4.98 Å². The Bertz CT molecular complexity index is 584. The van der Waals surface area contributed by atoms with Gasteiger partial charge in [-0.05, 0) is 33.7 Å². The normalized spacial score (nSPS) is 10.1. The van der Waals surface area contributed by atoms with E-state index in [0.29, 0.717) is 16.9 Å². The van der Waals surface area contributed by atoms with E-state index in [1.165, 1.54) is 37.6 Å². The monoisotopic (exact) mass is 248 g/mol. The molecule has 0 saturated carbocycles. The van der Waals surface area contributed by atoms with Crippen LogP contribution in [0.15, 0.2) is 36.5 Å². The molecule has 0 bridgehead atoms. The van der Waals surface area contributed by atoms with E-state index in [-0.39, 0.29) is 5.82 Å². The number of hydrogen-bond donors (Lipinski definition) is 0. The van der Waals surface area contributed by atoms with Crippen molar-refractivity contribution >= 4 is 5.82 Å². The van der Waals surface area contributed by atoms with E-state index >= 15 is 0 Å². The van der Waals surface area contributed by atoms with Gasteiger partial charge in [0.2, 0.25) is 0 Å². The molecule has 1 aromatic heterocycles. The van der Waals surface area contributed by atoms with E-state index < -0.39 is 10.7 Å². The standard InChI is InChI=1S/C12H9FN2O3/c1-18-11-5-9(4-10(13)6-11)8-2-3-12(14-7-8)15(16)17/h2-7H,1H3. The second kappa shape index (κ2) is 4.79. The third kappa shape index (κ3) is 2.42. The average molecular weight is 248 g/mol. The van der Waals surface area contributed by atoms with Crippen molar-refractivity contribution in [2.24, 2.45) is 0 Å². The third-order valence-corrected chi connectivity index (χ3v) is 2.38. The Balaban J connectivity index is 2.42. The molecule has 0 aliphatic heterocycles. The minimum atomic E-state index is -0.587. The Labute approximate surface area is 102 Å². The summed E-state index contributed by atoms with van der Waals surface area (Å²) >= 11 is 0. The molecule has 0 aliphatic rings. The molecule has 0 saturated heterocycles.